The van der Waals surface area contributed by atoms with Gasteiger partial charge in [0.05, 0.1) is 15.5 Å². The van der Waals surface area contributed by atoms with E-state index in [4.69, 9.17) is 27.9 Å². The largest absolute Gasteiger partial charge is 0.444 e. The van der Waals surface area contributed by atoms with E-state index in [0.717, 1.165) is 11.8 Å². The number of carbonyl (C=O) groups excluding carboxylic acids is 2. The molecule has 0 aliphatic heterocycles. The summed E-state index contributed by atoms with van der Waals surface area (Å²) in [7, 11) is 1.68. The highest BCUT2D eigenvalue weighted by Gasteiger charge is 2.56. The Bertz CT molecular complexity index is 627. The van der Waals surface area contributed by atoms with Crippen molar-refractivity contribution in [3.8, 4) is 0 Å². The van der Waals surface area contributed by atoms with Crippen LogP contribution in [0.4, 0.5) is 4.79 Å². The van der Waals surface area contributed by atoms with Gasteiger partial charge in [-0.1, -0.05) is 29.3 Å². The minimum absolute atomic E-state index is 0.0507. The van der Waals surface area contributed by atoms with Crippen LogP contribution in [0.1, 0.15) is 32.8 Å². The Labute approximate surface area is 146 Å². The molecule has 0 aromatic heterocycles. The zero-order chi connectivity index (χ0) is 17.4. The van der Waals surface area contributed by atoms with Gasteiger partial charge in [0.1, 0.15) is 11.9 Å². The van der Waals surface area contributed by atoms with Crippen molar-refractivity contribution >= 4 is 35.6 Å². The summed E-state index contributed by atoms with van der Waals surface area (Å²) in [6.07, 6.45) is 1.24. The highest BCUT2D eigenvalue weighted by molar-refractivity contribution is 6.42. The third kappa shape index (κ3) is 3.99. The molecular formula is C17H21Cl2NO3. The van der Waals surface area contributed by atoms with Crippen molar-refractivity contribution in [3.63, 3.8) is 0 Å². The standard InChI is InChI=1S/C17H21Cl2NO3/c1-16(2,3)23-15(22)20(4)9-12-8-17(12,10-21)11-5-6-13(18)14(19)7-11/h5-7,10,12H,8-9H2,1-4H3. The Morgan fingerprint density at radius 2 is 2.04 bits per heavy atom. The van der Waals surface area contributed by atoms with Gasteiger partial charge in [-0.2, -0.15) is 0 Å². The predicted octanol–water partition coefficient (Wildman–Crippen LogP) is 4.32. The lowest BCUT2D eigenvalue weighted by Crippen LogP contribution is -2.36. The summed E-state index contributed by atoms with van der Waals surface area (Å²) in [6, 6.07) is 5.24. The Morgan fingerprint density at radius 3 is 2.57 bits per heavy atom. The number of amides is 1. The Morgan fingerprint density at radius 1 is 1.39 bits per heavy atom. The molecule has 2 atom stereocenters. The maximum atomic E-state index is 12.0. The van der Waals surface area contributed by atoms with Crippen LogP contribution in [0, 0.1) is 5.92 Å². The number of ether oxygens (including phenoxy) is 1. The fraction of sp³-hybridized carbons (Fsp3) is 0.529. The fourth-order valence-corrected chi connectivity index (χ4v) is 2.97. The van der Waals surface area contributed by atoms with E-state index >= 15 is 0 Å². The summed E-state index contributed by atoms with van der Waals surface area (Å²) in [5, 5.41) is 0.885. The molecule has 1 saturated carbocycles. The van der Waals surface area contributed by atoms with Gasteiger partial charge in [-0.3, -0.25) is 0 Å². The van der Waals surface area contributed by atoms with Crippen molar-refractivity contribution in [3.05, 3.63) is 33.8 Å². The zero-order valence-electron chi connectivity index (χ0n) is 13.7. The highest BCUT2D eigenvalue weighted by Crippen LogP contribution is 2.53. The fourth-order valence-electron chi connectivity index (χ4n) is 2.67. The molecule has 1 amide bonds. The lowest BCUT2D eigenvalue weighted by atomic mass is 9.95. The Kier molecular flexibility index (Phi) is 4.97. The van der Waals surface area contributed by atoms with E-state index in [0.29, 0.717) is 23.0 Å². The summed E-state index contributed by atoms with van der Waals surface area (Å²) in [4.78, 5) is 25.2. The molecule has 1 aromatic carbocycles. The predicted molar refractivity (Wildman–Crippen MR) is 91.2 cm³/mol. The topological polar surface area (TPSA) is 46.6 Å². The third-order valence-corrected chi connectivity index (χ3v) is 4.76. The van der Waals surface area contributed by atoms with Crippen LogP contribution in [0.25, 0.3) is 0 Å². The molecule has 6 heteroatoms. The first kappa shape index (κ1) is 18.1. The SMILES string of the molecule is CN(CC1CC1(C=O)c1ccc(Cl)c(Cl)c1)C(=O)OC(C)(C)C. The molecule has 0 saturated heterocycles. The second-order valence-corrected chi connectivity index (χ2v) is 7.86. The van der Waals surface area contributed by atoms with Gasteiger partial charge in [0.25, 0.3) is 0 Å². The lowest BCUT2D eigenvalue weighted by molar-refractivity contribution is -0.110. The zero-order valence-corrected chi connectivity index (χ0v) is 15.2. The molecule has 0 heterocycles. The van der Waals surface area contributed by atoms with E-state index in [-0.39, 0.29) is 5.92 Å². The van der Waals surface area contributed by atoms with Gasteiger partial charge in [0, 0.05) is 13.6 Å². The van der Waals surface area contributed by atoms with Gasteiger partial charge in [-0.05, 0) is 50.8 Å². The van der Waals surface area contributed by atoms with E-state index < -0.39 is 17.1 Å². The molecule has 23 heavy (non-hydrogen) atoms. The normalized spacial score (nSPS) is 23.3. The summed E-state index contributed by atoms with van der Waals surface area (Å²) in [6.45, 7) is 5.91. The number of benzene rings is 1. The molecule has 1 aliphatic rings. The molecule has 2 unspecified atom stereocenters. The van der Waals surface area contributed by atoms with Gasteiger partial charge in [0.2, 0.25) is 0 Å². The highest BCUT2D eigenvalue weighted by atomic mass is 35.5. The van der Waals surface area contributed by atoms with Crippen LogP contribution in [0.5, 0.6) is 0 Å². The maximum absolute atomic E-state index is 12.0. The van der Waals surface area contributed by atoms with Crippen molar-refractivity contribution in [2.75, 3.05) is 13.6 Å². The first-order valence-electron chi connectivity index (χ1n) is 7.45. The molecule has 2 rings (SSSR count). The van der Waals surface area contributed by atoms with Crippen LogP contribution in [0.2, 0.25) is 10.0 Å². The molecule has 126 valence electrons. The van der Waals surface area contributed by atoms with Gasteiger partial charge in [0.15, 0.2) is 0 Å². The second kappa shape index (κ2) is 6.33. The van der Waals surface area contributed by atoms with Crippen LogP contribution in [0.3, 0.4) is 0 Å². The molecule has 4 nitrogen and oxygen atoms in total. The van der Waals surface area contributed by atoms with Crippen molar-refractivity contribution < 1.29 is 14.3 Å². The average Bonchev–Trinajstić information content (AvgIpc) is 3.14. The van der Waals surface area contributed by atoms with Gasteiger partial charge < -0.3 is 14.4 Å². The summed E-state index contributed by atoms with van der Waals surface area (Å²) in [5.41, 5.74) is -0.297. The third-order valence-electron chi connectivity index (χ3n) is 4.02. The number of rotatable bonds is 4. The summed E-state index contributed by atoms with van der Waals surface area (Å²) < 4.78 is 5.33. The number of hydrogen-bond acceptors (Lipinski definition) is 3. The van der Waals surface area contributed by atoms with Gasteiger partial charge >= 0.3 is 6.09 Å². The second-order valence-electron chi connectivity index (χ2n) is 7.05. The van der Waals surface area contributed by atoms with E-state index in [1.165, 1.54) is 4.90 Å². The number of nitrogens with zero attached hydrogens (tertiary/aromatic N) is 1. The molecule has 0 N–H and O–H groups in total. The molecule has 0 radical (unpaired) electrons. The first-order chi connectivity index (χ1) is 10.6. The van der Waals surface area contributed by atoms with Crippen LogP contribution in [-0.2, 0) is 14.9 Å². The van der Waals surface area contributed by atoms with Crippen LogP contribution >= 0.6 is 23.2 Å². The molecule has 1 fully saturated rings. The van der Waals surface area contributed by atoms with Crippen molar-refractivity contribution in [1.29, 1.82) is 0 Å². The minimum atomic E-state index is -0.593. The van der Waals surface area contributed by atoms with Crippen LogP contribution in [-0.4, -0.2) is 36.5 Å². The Balaban J connectivity index is 2.07. The summed E-state index contributed by atoms with van der Waals surface area (Å²) in [5.74, 6) is 0.0507. The smallest absolute Gasteiger partial charge is 0.410 e. The molecule has 0 spiro atoms. The maximum Gasteiger partial charge on any atom is 0.410 e. The molecule has 0 bridgehead atoms. The number of halogens is 2. The quantitative estimate of drug-likeness (QED) is 0.754. The van der Waals surface area contributed by atoms with Crippen molar-refractivity contribution in [1.82, 2.24) is 4.90 Å². The van der Waals surface area contributed by atoms with Gasteiger partial charge in [-0.25, -0.2) is 4.79 Å². The molecular weight excluding hydrogens is 337 g/mol. The van der Waals surface area contributed by atoms with E-state index in [1.807, 2.05) is 26.8 Å². The van der Waals surface area contributed by atoms with Crippen molar-refractivity contribution in [2.45, 2.75) is 38.2 Å². The summed E-state index contributed by atoms with van der Waals surface area (Å²) >= 11 is 12.0. The monoisotopic (exact) mass is 357 g/mol. The molecule has 1 aromatic rings. The van der Waals surface area contributed by atoms with Gasteiger partial charge in [-0.15, -0.1) is 0 Å². The first-order valence-corrected chi connectivity index (χ1v) is 8.20. The number of hydrogen-bond donors (Lipinski definition) is 0. The number of aldehydes is 1. The minimum Gasteiger partial charge on any atom is -0.444 e. The molecule has 1 aliphatic carbocycles. The van der Waals surface area contributed by atoms with E-state index in [2.05, 4.69) is 0 Å². The Hall–Kier alpha value is -1.26. The van der Waals surface area contributed by atoms with Crippen LogP contribution < -0.4 is 0 Å². The van der Waals surface area contributed by atoms with E-state index in [1.54, 1.807) is 19.2 Å². The van der Waals surface area contributed by atoms with E-state index in [9.17, 15) is 9.59 Å². The average molecular weight is 358 g/mol. The van der Waals surface area contributed by atoms with Crippen LogP contribution in [0.15, 0.2) is 18.2 Å². The lowest BCUT2D eigenvalue weighted by Gasteiger charge is -2.25. The number of carbonyl (C=O) groups is 2. The van der Waals surface area contributed by atoms with Crippen molar-refractivity contribution in [2.24, 2.45) is 5.92 Å².